The molecular formula is C14H13ClFN3O2. The third-order valence-electron chi connectivity index (χ3n) is 2.67. The highest BCUT2D eigenvalue weighted by Crippen LogP contribution is 2.32. The van der Waals surface area contributed by atoms with Gasteiger partial charge in [-0.2, -0.15) is 0 Å². The molecule has 21 heavy (non-hydrogen) atoms. The Morgan fingerprint density at radius 3 is 2.95 bits per heavy atom. The molecule has 0 bridgehead atoms. The van der Waals surface area contributed by atoms with Crippen molar-refractivity contribution in [3.05, 3.63) is 47.0 Å². The van der Waals surface area contributed by atoms with Crippen molar-refractivity contribution in [2.45, 2.75) is 6.92 Å². The lowest BCUT2D eigenvalue weighted by atomic mass is 10.2. The van der Waals surface area contributed by atoms with E-state index >= 15 is 0 Å². The zero-order valence-corrected chi connectivity index (χ0v) is 11.9. The van der Waals surface area contributed by atoms with Gasteiger partial charge in [-0.05, 0) is 25.1 Å². The van der Waals surface area contributed by atoms with Crippen molar-refractivity contribution in [3.8, 4) is 5.75 Å². The summed E-state index contributed by atoms with van der Waals surface area (Å²) in [5, 5.41) is 2.94. The number of ether oxygens (including phenoxy) is 1. The van der Waals surface area contributed by atoms with Crippen LogP contribution in [-0.4, -0.2) is 17.5 Å². The van der Waals surface area contributed by atoms with Gasteiger partial charge < -0.3 is 15.8 Å². The van der Waals surface area contributed by atoms with Crippen molar-refractivity contribution in [1.29, 1.82) is 0 Å². The van der Waals surface area contributed by atoms with E-state index in [2.05, 4.69) is 10.3 Å². The van der Waals surface area contributed by atoms with E-state index in [-0.39, 0.29) is 22.1 Å². The second-order valence-electron chi connectivity index (χ2n) is 4.09. The number of anilines is 2. The fraction of sp³-hybridized carbons (Fsp3) is 0.143. The first-order valence-electron chi connectivity index (χ1n) is 6.16. The van der Waals surface area contributed by atoms with Gasteiger partial charge in [0.25, 0.3) is 5.91 Å². The maximum absolute atomic E-state index is 14.0. The van der Waals surface area contributed by atoms with Crippen LogP contribution in [-0.2, 0) is 0 Å². The molecule has 7 heteroatoms. The molecule has 2 rings (SSSR count). The molecule has 1 aromatic carbocycles. The predicted molar refractivity (Wildman–Crippen MR) is 78.6 cm³/mol. The Kier molecular flexibility index (Phi) is 4.59. The Bertz CT molecular complexity index is 679. The first-order chi connectivity index (χ1) is 10.0. The molecule has 5 nitrogen and oxygen atoms in total. The highest BCUT2D eigenvalue weighted by molar-refractivity contribution is 6.29. The third-order valence-corrected chi connectivity index (χ3v) is 2.88. The fourth-order valence-electron chi connectivity index (χ4n) is 1.77. The molecule has 0 saturated carbocycles. The van der Waals surface area contributed by atoms with Crippen LogP contribution in [0.1, 0.15) is 17.3 Å². The predicted octanol–water partition coefficient (Wildman–Crippen LogP) is 3.12. The highest BCUT2D eigenvalue weighted by atomic mass is 35.5. The van der Waals surface area contributed by atoms with Crippen LogP contribution >= 0.6 is 11.6 Å². The number of nitrogens with one attached hydrogen (secondary N) is 1. The molecule has 0 atom stereocenters. The van der Waals surface area contributed by atoms with Crippen molar-refractivity contribution < 1.29 is 13.9 Å². The molecule has 3 N–H and O–H groups in total. The molecule has 0 spiro atoms. The average Bonchev–Trinajstić information content (AvgIpc) is 2.42. The molecule has 0 fully saturated rings. The minimum Gasteiger partial charge on any atom is -0.492 e. The molecule has 110 valence electrons. The van der Waals surface area contributed by atoms with Gasteiger partial charge in [0.1, 0.15) is 22.4 Å². The molecule has 0 radical (unpaired) electrons. The van der Waals surface area contributed by atoms with Gasteiger partial charge in [-0.1, -0.05) is 17.7 Å². The number of para-hydroxylation sites is 1. The summed E-state index contributed by atoms with van der Waals surface area (Å²) in [6.07, 6.45) is 1.23. The summed E-state index contributed by atoms with van der Waals surface area (Å²) in [7, 11) is 0. The van der Waals surface area contributed by atoms with Crippen molar-refractivity contribution in [1.82, 2.24) is 4.98 Å². The van der Waals surface area contributed by atoms with Crippen LogP contribution in [0.4, 0.5) is 15.8 Å². The first kappa shape index (κ1) is 15.1. The van der Waals surface area contributed by atoms with Crippen LogP contribution in [0.2, 0.25) is 5.15 Å². The van der Waals surface area contributed by atoms with Gasteiger partial charge in [-0.15, -0.1) is 0 Å². The standard InChI is InChI=1S/C14H13ClFN3O2/c1-2-21-11-5-3-4-9(16)13(11)19-10-6-12(15)18-7-8(10)14(17)20/h3-7H,2H2,1H3,(H2,17,20)(H,18,19). The summed E-state index contributed by atoms with van der Waals surface area (Å²) in [4.78, 5) is 15.2. The number of amides is 1. The van der Waals surface area contributed by atoms with Crippen LogP contribution in [0.5, 0.6) is 5.75 Å². The average molecular weight is 310 g/mol. The normalized spacial score (nSPS) is 10.2. The number of hydrogen-bond acceptors (Lipinski definition) is 4. The maximum Gasteiger partial charge on any atom is 0.252 e. The second kappa shape index (κ2) is 6.41. The SMILES string of the molecule is CCOc1cccc(F)c1Nc1cc(Cl)ncc1C(N)=O. The van der Waals surface area contributed by atoms with Gasteiger partial charge in [0.2, 0.25) is 0 Å². The lowest BCUT2D eigenvalue weighted by Gasteiger charge is -2.15. The third kappa shape index (κ3) is 3.41. The molecule has 1 amide bonds. The lowest BCUT2D eigenvalue weighted by Crippen LogP contribution is -2.14. The van der Waals surface area contributed by atoms with Gasteiger partial charge in [-0.3, -0.25) is 4.79 Å². The summed E-state index contributed by atoms with van der Waals surface area (Å²) < 4.78 is 19.3. The van der Waals surface area contributed by atoms with Gasteiger partial charge in [0, 0.05) is 6.20 Å². The van der Waals surface area contributed by atoms with Gasteiger partial charge >= 0.3 is 0 Å². The number of carbonyl (C=O) groups is 1. The van der Waals surface area contributed by atoms with E-state index in [0.717, 1.165) is 0 Å². The van der Waals surface area contributed by atoms with E-state index in [0.29, 0.717) is 12.4 Å². The van der Waals surface area contributed by atoms with Crippen molar-refractivity contribution in [3.63, 3.8) is 0 Å². The van der Waals surface area contributed by atoms with E-state index in [1.807, 2.05) is 0 Å². The van der Waals surface area contributed by atoms with Crippen molar-refractivity contribution >= 4 is 28.9 Å². The number of nitrogens with two attached hydrogens (primary N) is 1. The zero-order valence-electron chi connectivity index (χ0n) is 11.2. The molecule has 0 aliphatic heterocycles. The number of primary amides is 1. The summed E-state index contributed by atoms with van der Waals surface area (Å²) in [6, 6.07) is 5.81. The van der Waals surface area contributed by atoms with Crippen molar-refractivity contribution in [2.24, 2.45) is 5.73 Å². The molecular weight excluding hydrogens is 297 g/mol. The summed E-state index contributed by atoms with van der Waals surface area (Å²) in [5.74, 6) is -0.902. The van der Waals surface area contributed by atoms with Gasteiger partial charge in [0.05, 0.1) is 17.9 Å². The molecule has 0 aliphatic rings. The number of rotatable bonds is 5. The van der Waals surface area contributed by atoms with E-state index in [4.69, 9.17) is 22.1 Å². The number of hydrogen-bond donors (Lipinski definition) is 2. The zero-order chi connectivity index (χ0) is 15.4. The topological polar surface area (TPSA) is 77.2 Å². The molecule has 1 heterocycles. The Morgan fingerprint density at radius 1 is 1.52 bits per heavy atom. The van der Waals surface area contributed by atoms with Crippen LogP contribution in [0, 0.1) is 5.82 Å². The van der Waals surface area contributed by atoms with E-state index < -0.39 is 11.7 Å². The molecule has 0 unspecified atom stereocenters. The largest absolute Gasteiger partial charge is 0.492 e. The number of halogens is 2. The Balaban J connectivity index is 2.47. The second-order valence-corrected chi connectivity index (χ2v) is 4.48. The fourth-order valence-corrected chi connectivity index (χ4v) is 1.92. The lowest BCUT2D eigenvalue weighted by molar-refractivity contribution is 0.100. The minimum atomic E-state index is -0.698. The summed E-state index contributed by atoms with van der Waals surface area (Å²) >= 11 is 5.80. The smallest absolute Gasteiger partial charge is 0.252 e. The summed E-state index contributed by atoms with van der Waals surface area (Å²) in [5.41, 5.74) is 5.73. The number of aromatic nitrogens is 1. The number of pyridine rings is 1. The van der Waals surface area contributed by atoms with Crippen molar-refractivity contribution in [2.75, 3.05) is 11.9 Å². The quantitative estimate of drug-likeness (QED) is 0.832. The minimum absolute atomic E-state index is 0.101. The van der Waals surface area contributed by atoms with Crippen LogP contribution in [0.25, 0.3) is 0 Å². The van der Waals surface area contributed by atoms with E-state index in [1.165, 1.54) is 24.4 Å². The number of benzene rings is 1. The van der Waals surface area contributed by atoms with Crippen LogP contribution < -0.4 is 15.8 Å². The van der Waals surface area contributed by atoms with E-state index in [1.54, 1.807) is 13.0 Å². The van der Waals surface area contributed by atoms with Crippen LogP contribution in [0.3, 0.4) is 0 Å². The monoisotopic (exact) mass is 309 g/mol. The van der Waals surface area contributed by atoms with Crippen LogP contribution in [0.15, 0.2) is 30.5 Å². The van der Waals surface area contributed by atoms with E-state index in [9.17, 15) is 9.18 Å². The Morgan fingerprint density at radius 2 is 2.29 bits per heavy atom. The number of carbonyl (C=O) groups excluding carboxylic acids is 1. The van der Waals surface area contributed by atoms with Gasteiger partial charge in [-0.25, -0.2) is 9.37 Å². The summed E-state index contributed by atoms with van der Waals surface area (Å²) in [6.45, 7) is 2.16. The highest BCUT2D eigenvalue weighted by Gasteiger charge is 2.15. The Hall–Kier alpha value is -2.34. The van der Waals surface area contributed by atoms with Gasteiger partial charge in [0.15, 0.2) is 0 Å². The molecule has 0 aliphatic carbocycles. The molecule has 2 aromatic rings. The Labute approximate surface area is 125 Å². The number of nitrogens with zero attached hydrogens (tertiary/aromatic N) is 1. The molecule has 0 saturated heterocycles. The maximum atomic E-state index is 14.0. The first-order valence-corrected chi connectivity index (χ1v) is 6.54. The molecule has 1 aromatic heterocycles.